The summed E-state index contributed by atoms with van der Waals surface area (Å²) in [5.41, 5.74) is 3.39. The van der Waals surface area contributed by atoms with Gasteiger partial charge >= 0.3 is 0 Å². The van der Waals surface area contributed by atoms with Crippen LogP contribution in [0.1, 0.15) is 43.9 Å². The molecular weight excluding hydrogens is 360 g/mol. The summed E-state index contributed by atoms with van der Waals surface area (Å²) in [5.74, 6) is 0. The molecule has 5 nitrogen and oxygen atoms in total. The van der Waals surface area contributed by atoms with Crippen molar-refractivity contribution >= 4 is 10.0 Å². The minimum atomic E-state index is -3.36. The maximum atomic E-state index is 12.3. The summed E-state index contributed by atoms with van der Waals surface area (Å²) in [5, 5.41) is 8.81. The molecule has 0 aromatic heterocycles. The Kier molecular flexibility index (Phi) is 5.95. The van der Waals surface area contributed by atoms with Crippen LogP contribution in [0.15, 0.2) is 48.5 Å². The monoisotopic (exact) mass is 384 g/mol. The highest BCUT2D eigenvalue weighted by Gasteiger charge is 2.31. The minimum Gasteiger partial charge on any atom is -0.372 e. The number of hydrogen-bond donors (Lipinski definition) is 1. The predicted molar refractivity (Wildman–Crippen MR) is 105 cm³/mol. The molecule has 6 heteroatoms. The van der Waals surface area contributed by atoms with Gasteiger partial charge in [0.2, 0.25) is 10.0 Å². The number of nitriles is 1. The molecule has 0 unspecified atom stereocenters. The zero-order valence-corrected chi connectivity index (χ0v) is 16.4. The highest BCUT2D eigenvalue weighted by Crippen LogP contribution is 2.31. The Morgan fingerprint density at radius 3 is 2.52 bits per heavy atom. The van der Waals surface area contributed by atoms with Crippen molar-refractivity contribution in [1.29, 1.82) is 5.26 Å². The first-order chi connectivity index (χ1) is 12.9. The fourth-order valence-corrected chi connectivity index (χ4v) is 4.20. The van der Waals surface area contributed by atoms with Crippen LogP contribution in [-0.4, -0.2) is 26.3 Å². The van der Waals surface area contributed by atoms with E-state index in [1.54, 1.807) is 19.9 Å². The van der Waals surface area contributed by atoms with Gasteiger partial charge in [0.25, 0.3) is 0 Å². The predicted octanol–water partition coefficient (Wildman–Crippen LogP) is 3.77. The molecule has 1 heterocycles. The second-order valence-corrected chi connectivity index (χ2v) is 9.30. The number of sulfonamides is 1. The Bertz CT molecular complexity index is 931. The van der Waals surface area contributed by atoms with Gasteiger partial charge < -0.3 is 4.74 Å². The first kappa shape index (κ1) is 19.6. The summed E-state index contributed by atoms with van der Waals surface area (Å²) in [6.07, 6.45) is 1.26. The lowest BCUT2D eigenvalue weighted by atomic mass is 9.94. The van der Waals surface area contributed by atoms with Crippen molar-refractivity contribution in [1.82, 2.24) is 4.72 Å². The molecule has 1 aliphatic rings. The van der Waals surface area contributed by atoms with Crippen LogP contribution in [-0.2, 0) is 14.8 Å². The second kappa shape index (κ2) is 8.22. The average Bonchev–Trinajstić information content (AvgIpc) is 2.68. The molecule has 0 aliphatic carbocycles. The molecule has 27 heavy (non-hydrogen) atoms. The third-order valence-corrected chi connectivity index (χ3v) is 6.73. The van der Waals surface area contributed by atoms with Gasteiger partial charge in [0.05, 0.1) is 29.0 Å². The van der Waals surface area contributed by atoms with Crippen LogP contribution in [0.25, 0.3) is 11.1 Å². The van der Waals surface area contributed by atoms with Crippen LogP contribution in [0.3, 0.4) is 0 Å². The SMILES string of the molecule is CC(C)S(=O)(=O)N[C@@H]1CCCO[C@H]1c1ccc(-c2ccccc2C#N)cc1. The Balaban J connectivity index is 1.85. The van der Waals surface area contributed by atoms with Crippen molar-refractivity contribution in [3.63, 3.8) is 0 Å². The van der Waals surface area contributed by atoms with Crippen LogP contribution in [0.4, 0.5) is 0 Å². The van der Waals surface area contributed by atoms with Gasteiger partial charge in [0, 0.05) is 6.61 Å². The van der Waals surface area contributed by atoms with Crippen LogP contribution in [0.2, 0.25) is 0 Å². The van der Waals surface area contributed by atoms with Crippen LogP contribution in [0.5, 0.6) is 0 Å². The molecule has 1 fully saturated rings. The number of nitrogens with one attached hydrogen (secondary N) is 1. The Morgan fingerprint density at radius 1 is 1.15 bits per heavy atom. The van der Waals surface area contributed by atoms with Crippen molar-refractivity contribution in [2.24, 2.45) is 0 Å². The standard InChI is InChI=1S/C21H24N2O3S/c1-15(2)27(24,25)23-20-8-5-13-26-21(20)17-11-9-16(10-12-17)19-7-4-3-6-18(19)14-22/h3-4,6-7,9-12,15,20-21,23H,5,8,13H2,1-2H3/t20-,21+/m1/s1. The number of hydrogen-bond acceptors (Lipinski definition) is 4. The molecule has 2 aromatic carbocycles. The lowest BCUT2D eigenvalue weighted by molar-refractivity contribution is -0.00446. The third kappa shape index (κ3) is 4.38. The molecule has 1 aliphatic heterocycles. The Hall–Kier alpha value is -2.20. The lowest BCUT2D eigenvalue weighted by Gasteiger charge is -2.33. The van der Waals surface area contributed by atoms with E-state index in [9.17, 15) is 13.7 Å². The highest BCUT2D eigenvalue weighted by molar-refractivity contribution is 7.90. The van der Waals surface area contributed by atoms with Crippen LogP contribution >= 0.6 is 0 Å². The minimum absolute atomic E-state index is 0.275. The molecule has 0 spiro atoms. The van der Waals surface area contributed by atoms with E-state index in [4.69, 9.17) is 4.74 Å². The van der Waals surface area contributed by atoms with Gasteiger partial charge in [-0.2, -0.15) is 5.26 Å². The number of ether oxygens (including phenoxy) is 1. The molecule has 2 aromatic rings. The van der Waals surface area contributed by atoms with E-state index in [-0.39, 0.29) is 12.1 Å². The summed E-state index contributed by atoms with van der Waals surface area (Å²) in [7, 11) is -3.36. The van der Waals surface area contributed by atoms with Crippen molar-refractivity contribution < 1.29 is 13.2 Å². The normalized spacial score (nSPS) is 20.4. The zero-order valence-electron chi connectivity index (χ0n) is 15.6. The number of nitrogens with zero attached hydrogens (tertiary/aromatic N) is 1. The van der Waals surface area contributed by atoms with Gasteiger partial charge in [0.1, 0.15) is 0 Å². The summed E-state index contributed by atoms with van der Waals surface area (Å²) < 4.78 is 33.3. The summed E-state index contributed by atoms with van der Waals surface area (Å²) >= 11 is 0. The molecule has 0 amide bonds. The first-order valence-corrected chi connectivity index (χ1v) is 10.7. The molecular formula is C21H24N2O3S. The first-order valence-electron chi connectivity index (χ1n) is 9.14. The molecule has 0 bridgehead atoms. The lowest BCUT2D eigenvalue weighted by Crippen LogP contribution is -2.45. The van der Waals surface area contributed by atoms with Gasteiger partial charge in [-0.25, -0.2) is 13.1 Å². The molecule has 2 atom stereocenters. The van der Waals surface area contributed by atoms with Crippen molar-refractivity contribution in [2.45, 2.75) is 44.1 Å². The third-order valence-electron chi connectivity index (χ3n) is 4.86. The van der Waals surface area contributed by atoms with Gasteiger partial charge in [0.15, 0.2) is 0 Å². The van der Waals surface area contributed by atoms with Gasteiger partial charge in [-0.3, -0.25) is 0 Å². The molecule has 1 N–H and O–H groups in total. The maximum Gasteiger partial charge on any atom is 0.214 e. The summed E-state index contributed by atoms with van der Waals surface area (Å²) in [4.78, 5) is 0. The number of benzene rings is 2. The summed E-state index contributed by atoms with van der Waals surface area (Å²) in [6, 6.07) is 17.2. The largest absolute Gasteiger partial charge is 0.372 e. The smallest absolute Gasteiger partial charge is 0.214 e. The van der Waals surface area contributed by atoms with Crippen molar-refractivity contribution in [3.8, 4) is 17.2 Å². The van der Waals surface area contributed by atoms with Crippen LogP contribution in [0, 0.1) is 11.3 Å². The maximum absolute atomic E-state index is 12.3. The van der Waals surface area contributed by atoms with E-state index in [1.165, 1.54) is 0 Å². The molecule has 1 saturated heterocycles. The Morgan fingerprint density at radius 2 is 1.85 bits per heavy atom. The van der Waals surface area contributed by atoms with E-state index in [2.05, 4.69) is 10.8 Å². The highest BCUT2D eigenvalue weighted by atomic mass is 32.2. The zero-order chi connectivity index (χ0) is 19.4. The second-order valence-electron chi connectivity index (χ2n) is 7.03. The van der Waals surface area contributed by atoms with E-state index < -0.39 is 15.3 Å². The van der Waals surface area contributed by atoms with Crippen molar-refractivity contribution in [2.75, 3.05) is 6.61 Å². The van der Waals surface area contributed by atoms with E-state index >= 15 is 0 Å². The fourth-order valence-electron chi connectivity index (χ4n) is 3.26. The molecule has 142 valence electrons. The van der Waals surface area contributed by atoms with E-state index in [0.717, 1.165) is 29.5 Å². The van der Waals surface area contributed by atoms with Gasteiger partial charge in [-0.15, -0.1) is 0 Å². The number of rotatable bonds is 5. The van der Waals surface area contributed by atoms with Gasteiger partial charge in [-0.1, -0.05) is 42.5 Å². The Labute approximate surface area is 161 Å². The quantitative estimate of drug-likeness (QED) is 0.851. The molecule has 0 saturated carbocycles. The summed E-state index contributed by atoms with van der Waals surface area (Å²) in [6.45, 7) is 3.95. The average molecular weight is 385 g/mol. The fraction of sp³-hybridized carbons (Fsp3) is 0.381. The van der Waals surface area contributed by atoms with Crippen molar-refractivity contribution in [3.05, 3.63) is 59.7 Å². The molecule has 3 rings (SSSR count). The van der Waals surface area contributed by atoms with Crippen LogP contribution < -0.4 is 4.72 Å². The molecule has 0 radical (unpaired) electrons. The van der Waals surface area contributed by atoms with Gasteiger partial charge in [-0.05, 0) is 49.4 Å². The van der Waals surface area contributed by atoms with E-state index in [1.807, 2.05) is 42.5 Å². The van der Waals surface area contributed by atoms with E-state index in [0.29, 0.717) is 12.2 Å². The topological polar surface area (TPSA) is 79.2 Å².